The summed E-state index contributed by atoms with van der Waals surface area (Å²) in [5.41, 5.74) is 0.565. The van der Waals surface area contributed by atoms with E-state index in [1.807, 2.05) is 12.1 Å². The summed E-state index contributed by atoms with van der Waals surface area (Å²) in [6, 6.07) is 7.14. The second-order valence-corrected chi connectivity index (χ2v) is 5.09. The molecule has 1 aromatic rings. The Hall–Kier alpha value is -1.55. The fourth-order valence-corrected chi connectivity index (χ4v) is 2.42. The zero-order valence-corrected chi connectivity index (χ0v) is 12.1. The lowest BCUT2D eigenvalue weighted by atomic mass is 9.97. The lowest BCUT2D eigenvalue weighted by molar-refractivity contribution is 0.0526. The molecule has 0 spiro atoms. The third kappa shape index (κ3) is 4.53. The molecule has 1 saturated heterocycles. The monoisotopic (exact) mass is 277 g/mol. The zero-order valence-electron chi connectivity index (χ0n) is 12.1. The molecule has 110 valence electrons. The molecule has 20 heavy (non-hydrogen) atoms. The van der Waals surface area contributed by atoms with Gasteiger partial charge in [-0.05, 0) is 69.5 Å². The van der Waals surface area contributed by atoms with E-state index in [2.05, 4.69) is 5.32 Å². The highest BCUT2D eigenvalue weighted by Gasteiger charge is 2.12. The largest absolute Gasteiger partial charge is 0.494 e. The molecular formula is C16H23NO3. The number of carbonyl (C=O) groups excluding carboxylic acids is 1. The average molecular weight is 277 g/mol. The van der Waals surface area contributed by atoms with Gasteiger partial charge in [0.15, 0.2) is 0 Å². The van der Waals surface area contributed by atoms with Gasteiger partial charge < -0.3 is 14.8 Å². The van der Waals surface area contributed by atoms with Gasteiger partial charge >= 0.3 is 5.97 Å². The number of benzene rings is 1. The Morgan fingerprint density at radius 2 is 2.15 bits per heavy atom. The molecule has 0 aromatic heterocycles. The van der Waals surface area contributed by atoms with Crippen LogP contribution in [0.25, 0.3) is 0 Å². The minimum Gasteiger partial charge on any atom is -0.494 e. The van der Waals surface area contributed by atoms with E-state index in [1.165, 1.54) is 12.8 Å². The van der Waals surface area contributed by atoms with Crippen molar-refractivity contribution in [2.75, 3.05) is 26.3 Å². The first-order chi connectivity index (χ1) is 9.79. The van der Waals surface area contributed by atoms with Crippen LogP contribution in [0.5, 0.6) is 5.75 Å². The lowest BCUT2D eigenvalue weighted by Gasteiger charge is -2.22. The number of nitrogens with one attached hydrogen (secondary N) is 1. The minimum absolute atomic E-state index is 0.285. The van der Waals surface area contributed by atoms with E-state index in [0.29, 0.717) is 12.2 Å². The zero-order chi connectivity index (χ0) is 14.2. The van der Waals surface area contributed by atoms with Crippen LogP contribution in [-0.2, 0) is 4.74 Å². The van der Waals surface area contributed by atoms with Gasteiger partial charge in [-0.1, -0.05) is 0 Å². The highest BCUT2D eigenvalue weighted by molar-refractivity contribution is 5.89. The molecule has 1 atom stereocenters. The van der Waals surface area contributed by atoms with Crippen molar-refractivity contribution in [2.45, 2.75) is 26.2 Å². The smallest absolute Gasteiger partial charge is 0.338 e. The molecule has 0 bridgehead atoms. The summed E-state index contributed by atoms with van der Waals surface area (Å²) >= 11 is 0. The molecular weight excluding hydrogens is 254 g/mol. The van der Waals surface area contributed by atoms with Gasteiger partial charge in [-0.3, -0.25) is 0 Å². The van der Waals surface area contributed by atoms with Crippen molar-refractivity contribution in [3.63, 3.8) is 0 Å². The predicted molar refractivity (Wildman–Crippen MR) is 78.1 cm³/mol. The molecule has 1 aromatic carbocycles. The van der Waals surface area contributed by atoms with Gasteiger partial charge in [0.25, 0.3) is 0 Å². The lowest BCUT2D eigenvalue weighted by Crippen LogP contribution is -2.30. The average Bonchev–Trinajstić information content (AvgIpc) is 2.49. The number of carbonyl (C=O) groups is 1. The third-order valence-electron chi connectivity index (χ3n) is 3.56. The summed E-state index contributed by atoms with van der Waals surface area (Å²) < 4.78 is 10.7. The maximum atomic E-state index is 11.5. The van der Waals surface area contributed by atoms with Crippen LogP contribution in [0.1, 0.15) is 36.5 Å². The van der Waals surface area contributed by atoms with Crippen LogP contribution in [0, 0.1) is 5.92 Å². The van der Waals surface area contributed by atoms with Gasteiger partial charge in [0.05, 0.1) is 18.8 Å². The molecule has 1 aliphatic rings. The van der Waals surface area contributed by atoms with Crippen LogP contribution in [0.3, 0.4) is 0 Å². The summed E-state index contributed by atoms with van der Waals surface area (Å²) in [5.74, 6) is 1.25. The Balaban J connectivity index is 1.74. The van der Waals surface area contributed by atoms with Crippen molar-refractivity contribution in [3.8, 4) is 5.75 Å². The fraction of sp³-hybridized carbons (Fsp3) is 0.562. The molecule has 1 unspecified atom stereocenters. The molecule has 1 N–H and O–H groups in total. The first-order valence-electron chi connectivity index (χ1n) is 7.40. The molecule has 0 saturated carbocycles. The molecule has 1 heterocycles. The van der Waals surface area contributed by atoms with Gasteiger partial charge in [-0.15, -0.1) is 0 Å². The van der Waals surface area contributed by atoms with E-state index in [9.17, 15) is 4.79 Å². The third-order valence-corrected chi connectivity index (χ3v) is 3.56. The summed E-state index contributed by atoms with van der Waals surface area (Å²) in [6.07, 6.45) is 3.63. The van der Waals surface area contributed by atoms with E-state index in [4.69, 9.17) is 9.47 Å². The Labute approximate surface area is 120 Å². The number of piperidine rings is 1. The number of ether oxygens (including phenoxy) is 2. The minimum atomic E-state index is -0.285. The van der Waals surface area contributed by atoms with Gasteiger partial charge in [0.2, 0.25) is 0 Å². The van der Waals surface area contributed by atoms with Gasteiger partial charge in [0.1, 0.15) is 5.75 Å². The Morgan fingerprint density at radius 3 is 2.80 bits per heavy atom. The number of rotatable bonds is 6. The number of hydrogen-bond donors (Lipinski definition) is 1. The van der Waals surface area contributed by atoms with Crippen molar-refractivity contribution in [1.82, 2.24) is 5.32 Å². The first-order valence-corrected chi connectivity index (χ1v) is 7.40. The highest BCUT2D eigenvalue weighted by atomic mass is 16.5. The van der Waals surface area contributed by atoms with Crippen LogP contribution in [0.2, 0.25) is 0 Å². The van der Waals surface area contributed by atoms with E-state index in [-0.39, 0.29) is 5.97 Å². The van der Waals surface area contributed by atoms with E-state index >= 15 is 0 Å². The van der Waals surface area contributed by atoms with Crippen LogP contribution < -0.4 is 10.1 Å². The fourth-order valence-electron chi connectivity index (χ4n) is 2.42. The topological polar surface area (TPSA) is 47.6 Å². The van der Waals surface area contributed by atoms with E-state index < -0.39 is 0 Å². The van der Waals surface area contributed by atoms with Crippen molar-refractivity contribution in [1.29, 1.82) is 0 Å². The molecule has 1 fully saturated rings. The molecule has 2 rings (SSSR count). The number of hydrogen-bond acceptors (Lipinski definition) is 4. The van der Waals surface area contributed by atoms with Crippen molar-refractivity contribution >= 4 is 5.97 Å². The van der Waals surface area contributed by atoms with Crippen LogP contribution >= 0.6 is 0 Å². The quantitative estimate of drug-likeness (QED) is 0.812. The van der Waals surface area contributed by atoms with E-state index in [1.54, 1.807) is 19.1 Å². The molecule has 0 amide bonds. The molecule has 0 aliphatic carbocycles. The second-order valence-electron chi connectivity index (χ2n) is 5.09. The molecule has 4 nitrogen and oxygen atoms in total. The standard InChI is InChI=1S/C16H23NO3/c1-2-19-16(18)14-5-7-15(8-6-14)20-11-9-13-4-3-10-17-12-13/h5-8,13,17H,2-4,9-12H2,1H3. The number of esters is 1. The van der Waals surface area contributed by atoms with Gasteiger partial charge in [-0.2, -0.15) is 0 Å². The van der Waals surface area contributed by atoms with Crippen molar-refractivity contribution in [3.05, 3.63) is 29.8 Å². The summed E-state index contributed by atoms with van der Waals surface area (Å²) in [5, 5.41) is 3.41. The van der Waals surface area contributed by atoms with E-state index in [0.717, 1.165) is 37.8 Å². The predicted octanol–water partition coefficient (Wildman–Crippen LogP) is 2.63. The SMILES string of the molecule is CCOC(=O)c1ccc(OCCC2CCCNC2)cc1. The maximum Gasteiger partial charge on any atom is 0.338 e. The maximum absolute atomic E-state index is 11.5. The van der Waals surface area contributed by atoms with Gasteiger partial charge in [0, 0.05) is 0 Å². The summed E-state index contributed by atoms with van der Waals surface area (Å²) in [4.78, 5) is 11.5. The molecule has 1 aliphatic heterocycles. The van der Waals surface area contributed by atoms with Crippen molar-refractivity contribution < 1.29 is 14.3 Å². The molecule has 0 radical (unpaired) electrons. The summed E-state index contributed by atoms with van der Waals surface area (Å²) in [7, 11) is 0. The summed E-state index contributed by atoms with van der Waals surface area (Å²) in [6.45, 7) is 5.17. The van der Waals surface area contributed by atoms with Gasteiger partial charge in [-0.25, -0.2) is 4.79 Å². The normalized spacial score (nSPS) is 18.6. The van der Waals surface area contributed by atoms with Crippen LogP contribution in [0.4, 0.5) is 0 Å². The highest BCUT2D eigenvalue weighted by Crippen LogP contribution is 2.17. The van der Waals surface area contributed by atoms with Crippen molar-refractivity contribution in [2.24, 2.45) is 5.92 Å². The Morgan fingerprint density at radius 1 is 1.35 bits per heavy atom. The first kappa shape index (κ1) is 14.9. The second kappa shape index (κ2) is 7.90. The van der Waals surface area contributed by atoms with Crippen LogP contribution in [0.15, 0.2) is 24.3 Å². The Kier molecular flexibility index (Phi) is 5.87. The van der Waals surface area contributed by atoms with Crippen LogP contribution in [-0.4, -0.2) is 32.3 Å². The molecule has 4 heteroatoms. The Bertz CT molecular complexity index is 410.